The number of ether oxygens (including phenoxy) is 1. The second-order valence-corrected chi connectivity index (χ2v) is 5.16. The van der Waals surface area contributed by atoms with E-state index in [0.717, 1.165) is 25.3 Å². The molecule has 0 saturated heterocycles. The van der Waals surface area contributed by atoms with Gasteiger partial charge in [0, 0.05) is 0 Å². The Hall–Kier alpha value is -1.02. The summed E-state index contributed by atoms with van der Waals surface area (Å²) >= 11 is 0. The normalized spacial score (nSPS) is 12.4. The monoisotopic (exact) mass is 249 g/mol. The van der Waals surface area contributed by atoms with E-state index >= 15 is 0 Å². The van der Waals surface area contributed by atoms with Crippen molar-refractivity contribution in [2.24, 2.45) is 5.92 Å². The zero-order valence-corrected chi connectivity index (χ0v) is 12.3. The number of rotatable bonds is 8. The fraction of sp³-hybridized carbons (Fsp3) is 0.625. The molecule has 0 aliphatic heterocycles. The number of aryl methyl sites for hydroxylation is 2. The molecular weight excluding hydrogens is 222 g/mol. The van der Waals surface area contributed by atoms with Crippen molar-refractivity contribution >= 4 is 0 Å². The van der Waals surface area contributed by atoms with E-state index in [1.165, 1.54) is 24.0 Å². The molecule has 0 radical (unpaired) electrons. The molecule has 1 aromatic rings. The van der Waals surface area contributed by atoms with Gasteiger partial charge in [-0.05, 0) is 56.8 Å². The Morgan fingerprint density at radius 3 is 2.78 bits per heavy atom. The predicted octanol–water partition coefficient (Wildman–Crippen LogP) is 3.57. The van der Waals surface area contributed by atoms with Crippen LogP contribution in [0.3, 0.4) is 0 Å². The highest BCUT2D eigenvalue weighted by Crippen LogP contribution is 2.22. The van der Waals surface area contributed by atoms with Gasteiger partial charge in [0.2, 0.25) is 0 Å². The Kier molecular flexibility index (Phi) is 6.81. The van der Waals surface area contributed by atoms with E-state index in [9.17, 15) is 0 Å². The maximum Gasteiger partial charge on any atom is 0.122 e. The third kappa shape index (κ3) is 5.09. The summed E-state index contributed by atoms with van der Waals surface area (Å²) in [6.45, 7) is 8.88. The third-order valence-electron chi connectivity index (χ3n) is 3.26. The molecule has 0 heterocycles. The predicted molar refractivity (Wildman–Crippen MR) is 78.4 cm³/mol. The molecule has 0 spiro atoms. The van der Waals surface area contributed by atoms with E-state index in [2.05, 4.69) is 44.3 Å². The minimum Gasteiger partial charge on any atom is -0.496 e. The molecule has 1 N–H and O–H groups in total. The average Bonchev–Trinajstić information content (AvgIpc) is 2.37. The highest BCUT2D eigenvalue weighted by atomic mass is 16.5. The van der Waals surface area contributed by atoms with Crippen LogP contribution in [0.1, 0.15) is 37.8 Å². The highest BCUT2D eigenvalue weighted by Gasteiger charge is 2.06. The molecular formula is C16H27NO. The first kappa shape index (κ1) is 15.0. The van der Waals surface area contributed by atoms with E-state index in [-0.39, 0.29) is 0 Å². The first-order valence-corrected chi connectivity index (χ1v) is 7.01. The van der Waals surface area contributed by atoms with Gasteiger partial charge in [-0.15, -0.1) is 0 Å². The molecule has 102 valence electrons. The second kappa shape index (κ2) is 8.15. The van der Waals surface area contributed by atoms with Crippen molar-refractivity contribution in [3.05, 3.63) is 29.3 Å². The lowest BCUT2D eigenvalue weighted by Gasteiger charge is -2.14. The Labute approximate surface area is 112 Å². The zero-order chi connectivity index (χ0) is 13.4. The van der Waals surface area contributed by atoms with E-state index in [0.29, 0.717) is 5.92 Å². The summed E-state index contributed by atoms with van der Waals surface area (Å²) in [5.41, 5.74) is 2.64. The Morgan fingerprint density at radius 1 is 1.33 bits per heavy atom. The van der Waals surface area contributed by atoms with Crippen molar-refractivity contribution in [1.29, 1.82) is 0 Å². The molecule has 18 heavy (non-hydrogen) atoms. The van der Waals surface area contributed by atoms with E-state index in [1.54, 1.807) is 7.11 Å². The van der Waals surface area contributed by atoms with Gasteiger partial charge in [0.25, 0.3) is 0 Å². The van der Waals surface area contributed by atoms with Crippen LogP contribution in [-0.4, -0.2) is 20.2 Å². The summed E-state index contributed by atoms with van der Waals surface area (Å²) in [6.07, 6.45) is 3.51. The van der Waals surface area contributed by atoms with E-state index < -0.39 is 0 Å². The Morgan fingerprint density at radius 2 is 2.11 bits per heavy atom. The lowest BCUT2D eigenvalue weighted by atomic mass is 9.99. The van der Waals surface area contributed by atoms with Gasteiger partial charge in [-0.1, -0.05) is 31.5 Å². The van der Waals surface area contributed by atoms with Crippen LogP contribution >= 0.6 is 0 Å². The minimum absolute atomic E-state index is 0.710. The van der Waals surface area contributed by atoms with Crippen LogP contribution in [0.25, 0.3) is 0 Å². The maximum absolute atomic E-state index is 5.42. The molecule has 2 heteroatoms. The SMILES string of the molecule is CCCNCC(C)CCc1cc(C)ccc1OC. The molecule has 0 bridgehead atoms. The molecule has 0 aliphatic rings. The fourth-order valence-corrected chi connectivity index (χ4v) is 2.13. The van der Waals surface area contributed by atoms with Crippen molar-refractivity contribution in [3.8, 4) is 5.75 Å². The molecule has 2 nitrogen and oxygen atoms in total. The van der Waals surface area contributed by atoms with Gasteiger partial charge in [-0.2, -0.15) is 0 Å². The molecule has 1 aromatic carbocycles. The van der Waals surface area contributed by atoms with Crippen LogP contribution in [-0.2, 0) is 6.42 Å². The van der Waals surface area contributed by atoms with Gasteiger partial charge in [0.1, 0.15) is 5.75 Å². The van der Waals surface area contributed by atoms with Gasteiger partial charge in [0.05, 0.1) is 7.11 Å². The van der Waals surface area contributed by atoms with Crippen molar-refractivity contribution in [2.75, 3.05) is 20.2 Å². The van der Waals surface area contributed by atoms with Crippen LogP contribution < -0.4 is 10.1 Å². The molecule has 1 unspecified atom stereocenters. The van der Waals surface area contributed by atoms with Crippen molar-refractivity contribution in [3.63, 3.8) is 0 Å². The van der Waals surface area contributed by atoms with Gasteiger partial charge >= 0.3 is 0 Å². The van der Waals surface area contributed by atoms with Gasteiger partial charge < -0.3 is 10.1 Å². The quantitative estimate of drug-likeness (QED) is 0.711. The fourth-order valence-electron chi connectivity index (χ4n) is 2.13. The van der Waals surface area contributed by atoms with E-state index in [4.69, 9.17) is 4.74 Å². The van der Waals surface area contributed by atoms with Crippen molar-refractivity contribution in [1.82, 2.24) is 5.32 Å². The summed E-state index contributed by atoms with van der Waals surface area (Å²) < 4.78 is 5.42. The van der Waals surface area contributed by atoms with Gasteiger partial charge in [-0.25, -0.2) is 0 Å². The smallest absolute Gasteiger partial charge is 0.122 e. The summed E-state index contributed by atoms with van der Waals surface area (Å²) in [6, 6.07) is 6.42. The third-order valence-corrected chi connectivity index (χ3v) is 3.26. The summed E-state index contributed by atoms with van der Waals surface area (Å²) in [7, 11) is 1.75. The first-order valence-electron chi connectivity index (χ1n) is 7.01. The van der Waals surface area contributed by atoms with Gasteiger partial charge in [0.15, 0.2) is 0 Å². The van der Waals surface area contributed by atoms with Crippen LogP contribution in [0.4, 0.5) is 0 Å². The number of benzene rings is 1. The molecule has 1 rings (SSSR count). The zero-order valence-electron chi connectivity index (χ0n) is 12.3. The molecule has 1 atom stereocenters. The lowest BCUT2D eigenvalue weighted by molar-refractivity contribution is 0.405. The standard InChI is InChI=1S/C16H27NO/c1-5-10-17-12-14(3)6-8-15-11-13(2)7-9-16(15)18-4/h7,9,11,14,17H,5-6,8,10,12H2,1-4H3. The summed E-state index contributed by atoms with van der Waals surface area (Å²) in [4.78, 5) is 0. The number of hydrogen-bond acceptors (Lipinski definition) is 2. The second-order valence-electron chi connectivity index (χ2n) is 5.16. The largest absolute Gasteiger partial charge is 0.496 e. The van der Waals surface area contributed by atoms with Crippen LogP contribution in [0.2, 0.25) is 0 Å². The number of methoxy groups -OCH3 is 1. The molecule has 0 aliphatic carbocycles. The topological polar surface area (TPSA) is 21.3 Å². The van der Waals surface area contributed by atoms with Crippen molar-refractivity contribution < 1.29 is 4.74 Å². The molecule has 0 aromatic heterocycles. The molecule has 0 amide bonds. The molecule has 0 fully saturated rings. The van der Waals surface area contributed by atoms with E-state index in [1.807, 2.05) is 0 Å². The number of nitrogens with one attached hydrogen (secondary N) is 1. The first-order chi connectivity index (χ1) is 8.67. The van der Waals surface area contributed by atoms with Gasteiger partial charge in [-0.3, -0.25) is 0 Å². The Balaban J connectivity index is 2.44. The van der Waals surface area contributed by atoms with Crippen molar-refractivity contribution in [2.45, 2.75) is 40.0 Å². The van der Waals surface area contributed by atoms with Crippen LogP contribution in [0.5, 0.6) is 5.75 Å². The maximum atomic E-state index is 5.42. The number of hydrogen-bond donors (Lipinski definition) is 1. The van der Waals surface area contributed by atoms with Crippen LogP contribution in [0, 0.1) is 12.8 Å². The average molecular weight is 249 g/mol. The highest BCUT2D eigenvalue weighted by molar-refractivity contribution is 5.36. The Bertz CT molecular complexity index is 349. The minimum atomic E-state index is 0.710. The van der Waals surface area contributed by atoms with Crippen LogP contribution in [0.15, 0.2) is 18.2 Å². The summed E-state index contributed by atoms with van der Waals surface area (Å²) in [5.74, 6) is 1.73. The molecule has 0 saturated carbocycles. The lowest BCUT2D eigenvalue weighted by Crippen LogP contribution is -2.22. The summed E-state index contributed by atoms with van der Waals surface area (Å²) in [5, 5.41) is 3.48.